The third kappa shape index (κ3) is 6.68. The molecule has 2 N–H and O–H groups in total. The van der Waals surface area contributed by atoms with Crippen LogP contribution in [0.15, 0.2) is 12.2 Å². The second kappa shape index (κ2) is 7.00. The molecule has 0 aromatic heterocycles. The minimum Gasteiger partial charge on any atom is -0.464 e. The molecule has 0 radical (unpaired) electrons. The van der Waals surface area contributed by atoms with Crippen LogP contribution in [0.2, 0.25) is 0 Å². The lowest BCUT2D eigenvalue weighted by Crippen LogP contribution is -2.24. The van der Waals surface area contributed by atoms with E-state index in [1.165, 1.54) is 0 Å². The van der Waals surface area contributed by atoms with E-state index in [-0.39, 0.29) is 31.2 Å². The third-order valence-corrected chi connectivity index (χ3v) is 1.43. The molecule has 5 heteroatoms. The summed E-state index contributed by atoms with van der Waals surface area (Å²) < 4.78 is 9.43. The van der Waals surface area contributed by atoms with Crippen LogP contribution in [0.4, 0.5) is 0 Å². The van der Waals surface area contributed by atoms with Gasteiger partial charge in [0, 0.05) is 11.6 Å². The fourth-order valence-electron chi connectivity index (χ4n) is 0.755. The minimum absolute atomic E-state index is 0.0894. The molecule has 5 nitrogen and oxygen atoms in total. The molecule has 0 saturated carbocycles. The molecular weight excluding hydrogens is 198 g/mol. The first-order valence-electron chi connectivity index (χ1n) is 4.73. The van der Waals surface area contributed by atoms with Gasteiger partial charge in [0.05, 0.1) is 13.0 Å². The van der Waals surface area contributed by atoms with Gasteiger partial charge in [0.1, 0.15) is 6.61 Å². The Hall–Kier alpha value is -1.36. The largest absolute Gasteiger partial charge is 0.464 e. The van der Waals surface area contributed by atoms with Crippen LogP contribution in [0.3, 0.4) is 0 Å². The molecule has 0 amide bonds. The molecule has 0 aromatic carbocycles. The smallest absolute Gasteiger partial charge is 0.333 e. The highest BCUT2D eigenvalue weighted by atomic mass is 16.5. The van der Waals surface area contributed by atoms with E-state index in [1.807, 2.05) is 0 Å². The standard InChI is InChI=1S/C10H17NO4/c1-4-14-10(13)7(2)5-9(12)15-6-8(3)11/h8H,2,4-6,11H2,1,3H3. The molecule has 0 saturated heterocycles. The number of carbonyl (C=O) groups is 2. The summed E-state index contributed by atoms with van der Waals surface area (Å²) in [5, 5.41) is 0. The predicted octanol–water partition coefficient (Wildman–Crippen LogP) is 0.386. The molecule has 0 aliphatic rings. The Morgan fingerprint density at radius 1 is 1.40 bits per heavy atom. The number of esters is 2. The van der Waals surface area contributed by atoms with Crippen molar-refractivity contribution in [3.8, 4) is 0 Å². The Morgan fingerprint density at radius 3 is 2.47 bits per heavy atom. The lowest BCUT2D eigenvalue weighted by molar-refractivity contribution is -0.146. The Morgan fingerprint density at radius 2 is 2.00 bits per heavy atom. The van der Waals surface area contributed by atoms with Crippen molar-refractivity contribution in [1.82, 2.24) is 0 Å². The summed E-state index contributed by atoms with van der Waals surface area (Å²) >= 11 is 0. The van der Waals surface area contributed by atoms with Gasteiger partial charge in [-0.2, -0.15) is 0 Å². The molecule has 0 aliphatic carbocycles. The van der Waals surface area contributed by atoms with Gasteiger partial charge in [0.25, 0.3) is 0 Å². The van der Waals surface area contributed by atoms with Crippen LogP contribution < -0.4 is 5.73 Å². The fraction of sp³-hybridized carbons (Fsp3) is 0.600. The van der Waals surface area contributed by atoms with Gasteiger partial charge in [0.15, 0.2) is 0 Å². The molecule has 1 atom stereocenters. The highest BCUT2D eigenvalue weighted by Crippen LogP contribution is 2.03. The van der Waals surface area contributed by atoms with Gasteiger partial charge in [-0.1, -0.05) is 6.58 Å². The first-order chi connectivity index (χ1) is 6.97. The van der Waals surface area contributed by atoms with Crippen LogP contribution in [0.1, 0.15) is 20.3 Å². The van der Waals surface area contributed by atoms with E-state index in [9.17, 15) is 9.59 Å². The van der Waals surface area contributed by atoms with E-state index < -0.39 is 11.9 Å². The number of hydrogen-bond donors (Lipinski definition) is 1. The lowest BCUT2D eigenvalue weighted by atomic mass is 10.2. The zero-order valence-corrected chi connectivity index (χ0v) is 9.12. The van der Waals surface area contributed by atoms with Gasteiger partial charge in [-0.05, 0) is 13.8 Å². The van der Waals surface area contributed by atoms with E-state index in [0.29, 0.717) is 0 Å². The summed E-state index contributed by atoms with van der Waals surface area (Å²) in [6.45, 7) is 7.22. The van der Waals surface area contributed by atoms with E-state index in [4.69, 9.17) is 10.5 Å². The van der Waals surface area contributed by atoms with E-state index in [0.717, 1.165) is 0 Å². The molecule has 0 rings (SSSR count). The van der Waals surface area contributed by atoms with Crippen molar-refractivity contribution in [2.75, 3.05) is 13.2 Å². The zero-order valence-electron chi connectivity index (χ0n) is 9.12. The van der Waals surface area contributed by atoms with Crippen LogP contribution >= 0.6 is 0 Å². The first kappa shape index (κ1) is 13.6. The predicted molar refractivity (Wildman–Crippen MR) is 55.0 cm³/mol. The first-order valence-corrected chi connectivity index (χ1v) is 4.73. The zero-order chi connectivity index (χ0) is 11.8. The Labute approximate surface area is 89.2 Å². The number of carbonyl (C=O) groups excluding carboxylic acids is 2. The van der Waals surface area contributed by atoms with Crippen molar-refractivity contribution >= 4 is 11.9 Å². The molecular formula is C10H17NO4. The average Bonchev–Trinajstić information content (AvgIpc) is 2.15. The minimum atomic E-state index is -0.574. The monoisotopic (exact) mass is 215 g/mol. The maximum absolute atomic E-state index is 11.1. The van der Waals surface area contributed by atoms with Crippen LogP contribution in [0, 0.1) is 0 Å². The van der Waals surface area contributed by atoms with Crippen molar-refractivity contribution < 1.29 is 19.1 Å². The molecule has 0 heterocycles. The van der Waals surface area contributed by atoms with Gasteiger partial charge < -0.3 is 15.2 Å². The normalized spacial score (nSPS) is 11.7. The van der Waals surface area contributed by atoms with E-state index in [1.54, 1.807) is 13.8 Å². The molecule has 0 fully saturated rings. The highest BCUT2D eigenvalue weighted by Gasteiger charge is 2.13. The number of hydrogen-bond acceptors (Lipinski definition) is 5. The van der Waals surface area contributed by atoms with Gasteiger partial charge in [-0.3, -0.25) is 4.79 Å². The molecule has 86 valence electrons. The van der Waals surface area contributed by atoms with Crippen LogP contribution in [0.5, 0.6) is 0 Å². The Bertz CT molecular complexity index is 248. The third-order valence-electron chi connectivity index (χ3n) is 1.43. The summed E-state index contributed by atoms with van der Waals surface area (Å²) in [4.78, 5) is 22.2. The Kier molecular flexibility index (Phi) is 6.37. The number of rotatable bonds is 6. The van der Waals surface area contributed by atoms with Gasteiger partial charge in [-0.25, -0.2) is 4.79 Å². The van der Waals surface area contributed by atoms with Crippen molar-refractivity contribution in [3.63, 3.8) is 0 Å². The average molecular weight is 215 g/mol. The quantitative estimate of drug-likeness (QED) is 0.512. The second-order valence-electron chi connectivity index (χ2n) is 3.16. The molecule has 0 aliphatic heterocycles. The summed E-state index contributed by atoms with van der Waals surface area (Å²) in [5.74, 6) is -1.10. The Balaban J connectivity index is 3.86. The number of nitrogens with two attached hydrogens (primary N) is 1. The van der Waals surface area contributed by atoms with Gasteiger partial charge in [-0.15, -0.1) is 0 Å². The van der Waals surface area contributed by atoms with Crippen molar-refractivity contribution in [3.05, 3.63) is 12.2 Å². The van der Waals surface area contributed by atoms with Crippen LogP contribution in [0.25, 0.3) is 0 Å². The van der Waals surface area contributed by atoms with Gasteiger partial charge in [0.2, 0.25) is 0 Å². The highest BCUT2D eigenvalue weighted by molar-refractivity contribution is 5.93. The molecule has 15 heavy (non-hydrogen) atoms. The molecule has 1 unspecified atom stereocenters. The van der Waals surface area contributed by atoms with Crippen LogP contribution in [-0.4, -0.2) is 31.2 Å². The summed E-state index contributed by atoms with van der Waals surface area (Å²) in [6.07, 6.45) is -0.161. The van der Waals surface area contributed by atoms with E-state index >= 15 is 0 Å². The summed E-state index contributed by atoms with van der Waals surface area (Å²) in [7, 11) is 0. The topological polar surface area (TPSA) is 78.6 Å². The number of ether oxygens (including phenoxy) is 2. The summed E-state index contributed by atoms with van der Waals surface area (Å²) in [6, 6.07) is -0.218. The van der Waals surface area contributed by atoms with Gasteiger partial charge >= 0.3 is 11.9 Å². The maximum Gasteiger partial charge on any atom is 0.333 e. The van der Waals surface area contributed by atoms with Crippen molar-refractivity contribution in [2.45, 2.75) is 26.3 Å². The lowest BCUT2D eigenvalue weighted by Gasteiger charge is -2.08. The van der Waals surface area contributed by atoms with Crippen LogP contribution in [-0.2, 0) is 19.1 Å². The fourth-order valence-corrected chi connectivity index (χ4v) is 0.755. The maximum atomic E-state index is 11.1. The second-order valence-corrected chi connectivity index (χ2v) is 3.16. The van der Waals surface area contributed by atoms with Crippen molar-refractivity contribution in [1.29, 1.82) is 0 Å². The molecule has 0 bridgehead atoms. The SMILES string of the molecule is C=C(CC(=O)OCC(C)N)C(=O)OCC. The van der Waals surface area contributed by atoms with Crippen molar-refractivity contribution in [2.24, 2.45) is 5.73 Å². The molecule has 0 spiro atoms. The van der Waals surface area contributed by atoms with E-state index in [2.05, 4.69) is 11.3 Å². The summed E-state index contributed by atoms with van der Waals surface area (Å²) in [5.41, 5.74) is 5.48. The molecule has 0 aromatic rings.